The molecule has 2 amide bonds. The van der Waals surface area contributed by atoms with Crippen LogP contribution in [0.15, 0.2) is 24.3 Å². The van der Waals surface area contributed by atoms with Crippen molar-refractivity contribution in [1.82, 2.24) is 5.32 Å². The standard InChI is InChI=1S/C18H26N2O2/c1-12(2)14-9-5-7-11-16(14)20-18(22)17(21)19-15-10-6-4-8-13(15)3/h5,7,9,11-13,15H,4,6,8,10H2,1-3H3,(H,19,21)(H,20,22)/t13-,15+/m1/s1. The number of para-hydroxylation sites is 1. The molecule has 120 valence electrons. The van der Waals surface area contributed by atoms with E-state index in [0.717, 1.165) is 24.8 Å². The highest BCUT2D eigenvalue weighted by atomic mass is 16.2. The maximum atomic E-state index is 12.1. The van der Waals surface area contributed by atoms with Crippen molar-refractivity contribution >= 4 is 17.5 Å². The zero-order chi connectivity index (χ0) is 16.1. The predicted octanol–water partition coefficient (Wildman–Crippen LogP) is 3.44. The van der Waals surface area contributed by atoms with E-state index in [-0.39, 0.29) is 12.0 Å². The minimum absolute atomic E-state index is 0.118. The summed E-state index contributed by atoms with van der Waals surface area (Å²) in [5.41, 5.74) is 1.75. The lowest BCUT2D eigenvalue weighted by Crippen LogP contribution is -2.45. The predicted molar refractivity (Wildman–Crippen MR) is 88.7 cm³/mol. The summed E-state index contributed by atoms with van der Waals surface area (Å²) in [5.74, 6) is -0.380. The molecule has 0 radical (unpaired) electrons. The molecule has 0 spiro atoms. The second-order valence-electron chi connectivity index (χ2n) is 6.54. The van der Waals surface area contributed by atoms with Gasteiger partial charge in [-0.05, 0) is 36.3 Å². The summed E-state index contributed by atoms with van der Waals surface area (Å²) < 4.78 is 0. The van der Waals surface area contributed by atoms with Crippen LogP contribution in [-0.2, 0) is 9.59 Å². The van der Waals surface area contributed by atoms with Crippen molar-refractivity contribution in [2.45, 2.75) is 58.4 Å². The third-order valence-corrected chi connectivity index (χ3v) is 4.47. The summed E-state index contributed by atoms with van der Waals surface area (Å²) >= 11 is 0. The number of carbonyl (C=O) groups is 2. The second-order valence-corrected chi connectivity index (χ2v) is 6.54. The van der Waals surface area contributed by atoms with Gasteiger partial charge in [-0.15, -0.1) is 0 Å². The second kappa shape index (κ2) is 7.43. The molecule has 0 unspecified atom stereocenters. The molecule has 0 heterocycles. The summed E-state index contributed by atoms with van der Waals surface area (Å²) in [5, 5.41) is 5.63. The van der Waals surface area contributed by atoms with Crippen molar-refractivity contribution in [3.8, 4) is 0 Å². The molecule has 4 heteroatoms. The number of nitrogens with one attached hydrogen (secondary N) is 2. The Morgan fingerprint density at radius 2 is 1.77 bits per heavy atom. The van der Waals surface area contributed by atoms with Crippen LogP contribution < -0.4 is 10.6 Å². The van der Waals surface area contributed by atoms with E-state index in [4.69, 9.17) is 0 Å². The van der Waals surface area contributed by atoms with E-state index in [9.17, 15) is 9.59 Å². The molecule has 0 aromatic heterocycles. The summed E-state index contributed by atoms with van der Waals surface area (Å²) in [6, 6.07) is 7.73. The quantitative estimate of drug-likeness (QED) is 0.840. The van der Waals surface area contributed by atoms with Crippen LogP contribution >= 0.6 is 0 Å². The average molecular weight is 302 g/mol. The van der Waals surface area contributed by atoms with Crippen LogP contribution in [0.1, 0.15) is 57.9 Å². The van der Waals surface area contributed by atoms with Gasteiger partial charge in [-0.25, -0.2) is 0 Å². The first kappa shape index (κ1) is 16.5. The van der Waals surface area contributed by atoms with E-state index in [2.05, 4.69) is 31.4 Å². The van der Waals surface area contributed by atoms with E-state index < -0.39 is 11.8 Å². The Bertz CT molecular complexity index is 540. The Hall–Kier alpha value is -1.84. The summed E-state index contributed by atoms with van der Waals surface area (Å²) in [7, 11) is 0. The first-order valence-corrected chi connectivity index (χ1v) is 8.19. The van der Waals surface area contributed by atoms with Crippen LogP contribution in [0.4, 0.5) is 5.69 Å². The Morgan fingerprint density at radius 1 is 1.09 bits per heavy atom. The van der Waals surface area contributed by atoms with Crippen LogP contribution in [0.25, 0.3) is 0 Å². The third kappa shape index (κ3) is 4.09. The molecule has 1 aliphatic carbocycles. The lowest BCUT2D eigenvalue weighted by molar-refractivity contribution is -0.137. The van der Waals surface area contributed by atoms with Crippen molar-refractivity contribution in [1.29, 1.82) is 0 Å². The SMILES string of the molecule is CC(C)c1ccccc1NC(=O)C(=O)N[C@H]1CCCC[C@H]1C. The molecule has 1 aromatic carbocycles. The van der Waals surface area contributed by atoms with Gasteiger partial charge >= 0.3 is 11.8 Å². The van der Waals surface area contributed by atoms with Gasteiger partial charge in [0, 0.05) is 11.7 Å². The van der Waals surface area contributed by atoms with Crippen LogP contribution in [0.5, 0.6) is 0 Å². The maximum Gasteiger partial charge on any atom is 0.313 e. The summed E-state index contributed by atoms with van der Waals surface area (Å²) in [4.78, 5) is 24.3. The Morgan fingerprint density at radius 3 is 2.45 bits per heavy atom. The van der Waals surface area contributed by atoms with Gasteiger partial charge in [-0.3, -0.25) is 9.59 Å². The highest BCUT2D eigenvalue weighted by Crippen LogP contribution is 2.25. The van der Waals surface area contributed by atoms with E-state index in [1.807, 2.05) is 24.3 Å². The number of anilines is 1. The van der Waals surface area contributed by atoms with E-state index in [1.54, 1.807) is 0 Å². The van der Waals surface area contributed by atoms with Gasteiger partial charge in [0.1, 0.15) is 0 Å². The minimum Gasteiger partial charge on any atom is -0.345 e. The number of hydrogen-bond acceptors (Lipinski definition) is 2. The van der Waals surface area contributed by atoms with Gasteiger partial charge in [0.2, 0.25) is 0 Å². The zero-order valence-electron chi connectivity index (χ0n) is 13.7. The lowest BCUT2D eigenvalue weighted by atomic mass is 9.86. The molecular weight excluding hydrogens is 276 g/mol. The molecule has 2 N–H and O–H groups in total. The van der Waals surface area contributed by atoms with Gasteiger partial charge in [0.25, 0.3) is 0 Å². The number of rotatable bonds is 3. The van der Waals surface area contributed by atoms with Gasteiger partial charge in [0.05, 0.1) is 0 Å². The van der Waals surface area contributed by atoms with Crippen LogP contribution in [0.3, 0.4) is 0 Å². The molecule has 1 saturated carbocycles. The molecule has 0 aliphatic heterocycles. The molecule has 22 heavy (non-hydrogen) atoms. The first-order chi connectivity index (χ1) is 10.5. The smallest absolute Gasteiger partial charge is 0.313 e. The largest absolute Gasteiger partial charge is 0.345 e. The van der Waals surface area contributed by atoms with Gasteiger partial charge < -0.3 is 10.6 Å². The van der Waals surface area contributed by atoms with Crippen molar-refractivity contribution in [3.05, 3.63) is 29.8 Å². The fraction of sp³-hybridized carbons (Fsp3) is 0.556. The highest BCUT2D eigenvalue weighted by molar-refractivity contribution is 6.39. The molecule has 4 nitrogen and oxygen atoms in total. The van der Waals surface area contributed by atoms with Crippen molar-refractivity contribution in [2.75, 3.05) is 5.32 Å². The Labute approximate surface area is 132 Å². The Kier molecular flexibility index (Phi) is 5.58. The van der Waals surface area contributed by atoms with Crippen LogP contribution in [-0.4, -0.2) is 17.9 Å². The minimum atomic E-state index is -0.578. The molecule has 1 aliphatic rings. The fourth-order valence-corrected chi connectivity index (χ4v) is 3.06. The fourth-order valence-electron chi connectivity index (χ4n) is 3.06. The van der Waals surface area contributed by atoms with Crippen LogP contribution in [0, 0.1) is 5.92 Å². The van der Waals surface area contributed by atoms with Crippen molar-refractivity contribution in [2.24, 2.45) is 5.92 Å². The van der Waals surface area contributed by atoms with E-state index in [0.29, 0.717) is 11.6 Å². The zero-order valence-corrected chi connectivity index (χ0v) is 13.7. The molecule has 0 saturated heterocycles. The van der Waals surface area contributed by atoms with Gasteiger partial charge in [0.15, 0.2) is 0 Å². The molecule has 1 aromatic rings. The molecule has 2 atom stereocenters. The number of carbonyl (C=O) groups excluding carboxylic acids is 2. The third-order valence-electron chi connectivity index (χ3n) is 4.47. The molecule has 2 rings (SSSR count). The normalized spacial score (nSPS) is 21.5. The van der Waals surface area contributed by atoms with Gasteiger partial charge in [-0.1, -0.05) is 51.8 Å². The van der Waals surface area contributed by atoms with Gasteiger partial charge in [-0.2, -0.15) is 0 Å². The van der Waals surface area contributed by atoms with Crippen LogP contribution in [0.2, 0.25) is 0 Å². The number of hydrogen-bond donors (Lipinski definition) is 2. The monoisotopic (exact) mass is 302 g/mol. The first-order valence-electron chi connectivity index (χ1n) is 8.19. The van der Waals surface area contributed by atoms with Crippen molar-refractivity contribution in [3.63, 3.8) is 0 Å². The average Bonchev–Trinajstić information content (AvgIpc) is 2.49. The lowest BCUT2D eigenvalue weighted by Gasteiger charge is -2.29. The van der Waals surface area contributed by atoms with Crippen molar-refractivity contribution < 1.29 is 9.59 Å². The maximum absolute atomic E-state index is 12.1. The Balaban J connectivity index is 1.98. The van der Waals surface area contributed by atoms with E-state index in [1.165, 1.54) is 6.42 Å². The number of benzene rings is 1. The molecular formula is C18H26N2O2. The highest BCUT2D eigenvalue weighted by Gasteiger charge is 2.25. The molecule has 1 fully saturated rings. The summed E-state index contributed by atoms with van der Waals surface area (Å²) in [6.45, 7) is 6.26. The van der Waals surface area contributed by atoms with E-state index >= 15 is 0 Å². The topological polar surface area (TPSA) is 58.2 Å². The molecule has 0 bridgehead atoms. The number of amides is 2. The summed E-state index contributed by atoms with van der Waals surface area (Å²) in [6.07, 6.45) is 4.40.